The third kappa shape index (κ3) is 2.44. The Labute approximate surface area is 79.7 Å². The van der Waals surface area contributed by atoms with Crippen LogP contribution in [0.4, 0.5) is 0 Å². The molecule has 1 saturated heterocycles. The topological polar surface area (TPSA) is 40.5 Å². The van der Waals surface area contributed by atoms with Gasteiger partial charge in [-0.1, -0.05) is 6.92 Å². The molecule has 1 heterocycles. The molecule has 0 spiro atoms. The van der Waals surface area contributed by atoms with Crippen LogP contribution in [0, 0.1) is 5.92 Å². The molecule has 1 aliphatic rings. The summed E-state index contributed by atoms with van der Waals surface area (Å²) in [6.45, 7) is 4.97. The van der Waals surface area contributed by atoms with E-state index < -0.39 is 0 Å². The Morgan fingerprint density at radius 2 is 2.38 bits per heavy atom. The van der Waals surface area contributed by atoms with E-state index in [0.717, 1.165) is 25.8 Å². The van der Waals surface area contributed by atoms with E-state index in [1.807, 2.05) is 4.90 Å². The van der Waals surface area contributed by atoms with Crippen LogP contribution in [0.5, 0.6) is 0 Å². The number of hydrogen-bond acceptors (Lipinski definition) is 2. The molecule has 0 bridgehead atoms. The predicted molar refractivity (Wildman–Crippen MR) is 51.3 cm³/mol. The summed E-state index contributed by atoms with van der Waals surface area (Å²) in [4.78, 5) is 13.0. The van der Waals surface area contributed by atoms with Gasteiger partial charge in [0, 0.05) is 26.1 Å². The van der Waals surface area contributed by atoms with Gasteiger partial charge in [0.1, 0.15) is 0 Å². The average molecular weight is 185 g/mol. The molecule has 0 aromatic heterocycles. The molecule has 2 unspecified atom stereocenters. The molecule has 0 saturated carbocycles. The Morgan fingerprint density at radius 3 is 2.77 bits per heavy atom. The normalized spacial score (nSPS) is 23.9. The van der Waals surface area contributed by atoms with Crippen molar-refractivity contribution in [2.45, 2.75) is 39.2 Å². The van der Waals surface area contributed by atoms with Crippen molar-refractivity contribution in [2.24, 2.45) is 5.92 Å². The number of amides is 1. The summed E-state index contributed by atoms with van der Waals surface area (Å²) in [5, 5.41) is 8.68. The number of carbonyl (C=O) groups is 1. The monoisotopic (exact) mass is 185 g/mol. The molecular weight excluding hydrogens is 166 g/mol. The highest BCUT2D eigenvalue weighted by molar-refractivity contribution is 5.74. The van der Waals surface area contributed by atoms with Gasteiger partial charge in [0.25, 0.3) is 0 Å². The van der Waals surface area contributed by atoms with E-state index in [9.17, 15) is 4.79 Å². The number of carbonyl (C=O) groups excluding carboxylic acids is 1. The van der Waals surface area contributed by atoms with Crippen LogP contribution in [0.1, 0.15) is 33.1 Å². The van der Waals surface area contributed by atoms with Crippen molar-refractivity contribution in [3.8, 4) is 0 Å². The molecule has 13 heavy (non-hydrogen) atoms. The fraction of sp³-hybridized carbons (Fsp3) is 0.900. The Morgan fingerprint density at radius 1 is 1.69 bits per heavy atom. The summed E-state index contributed by atoms with van der Waals surface area (Å²) in [6, 6.07) is 0.434. The lowest BCUT2D eigenvalue weighted by Crippen LogP contribution is -2.53. The molecule has 1 N–H and O–H groups in total. The maximum atomic E-state index is 11.1. The lowest BCUT2D eigenvalue weighted by Gasteiger charge is -2.44. The molecule has 0 radical (unpaired) electrons. The van der Waals surface area contributed by atoms with E-state index in [1.165, 1.54) is 0 Å². The highest BCUT2D eigenvalue weighted by atomic mass is 16.2. The van der Waals surface area contributed by atoms with Crippen molar-refractivity contribution >= 4 is 5.91 Å². The van der Waals surface area contributed by atoms with E-state index in [0.29, 0.717) is 12.0 Å². The molecule has 76 valence electrons. The smallest absolute Gasteiger partial charge is 0.219 e. The van der Waals surface area contributed by atoms with E-state index in [1.54, 1.807) is 6.92 Å². The quantitative estimate of drug-likeness (QED) is 0.710. The van der Waals surface area contributed by atoms with Gasteiger partial charge in [0.15, 0.2) is 0 Å². The van der Waals surface area contributed by atoms with Gasteiger partial charge in [-0.2, -0.15) is 0 Å². The lowest BCUT2D eigenvalue weighted by atomic mass is 9.87. The summed E-state index contributed by atoms with van der Waals surface area (Å²) in [5.74, 6) is 0.719. The third-order valence-corrected chi connectivity index (χ3v) is 2.94. The Balaban J connectivity index is 2.30. The number of rotatable bonds is 4. The van der Waals surface area contributed by atoms with Crippen molar-refractivity contribution in [1.82, 2.24) is 4.90 Å². The first-order valence-corrected chi connectivity index (χ1v) is 5.05. The van der Waals surface area contributed by atoms with Crippen LogP contribution in [-0.2, 0) is 4.79 Å². The maximum Gasteiger partial charge on any atom is 0.219 e. The zero-order chi connectivity index (χ0) is 9.84. The highest BCUT2D eigenvalue weighted by Crippen LogP contribution is 2.27. The Kier molecular flexibility index (Phi) is 3.72. The van der Waals surface area contributed by atoms with Crippen molar-refractivity contribution in [3.05, 3.63) is 0 Å². The summed E-state index contributed by atoms with van der Waals surface area (Å²) >= 11 is 0. The summed E-state index contributed by atoms with van der Waals surface area (Å²) in [7, 11) is 0. The van der Waals surface area contributed by atoms with Gasteiger partial charge in [-0.05, 0) is 25.2 Å². The zero-order valence-corrected chi connectivity index (χ0v) is 8.49. The summed E-state index contributed by atoms with van der Waals surface area (Å²) < 4.78 is 0. The largest absolute Gasteiger partial charge is 0.396 e. The highest BCUT2D eigenvalue weighted by Gasteiger charge is 2.33. The number of hydrogen-bond donors (Lipinski definition) is 1. The fourth-order valence-electron chi connectivity index (χ4n) is 2.00. The SMILES string of the molecule is CC(=O)N1CCC1C(C)CCCO. The molecule has 1 aliphatic heterocycles. The standard InChI is InChI=1S/C10H19NO2/c1-8(4-3-7-12)10-5-6-11(10)9(2)13/h8,10,12H,3-7H2,1-2H3. The first-order chi connectivity index (χ1) is 6.16. The Hall–Kier alpha value is -0.570. The molecule has 2 atom stereocenters. The van der Waals surface area contributed by atoms with Gasteiger partial charge >= 0.3 is 0 Å². The molecular formula is C10H19NO2. The van der Waals surface area contributed by atoms with Crippen LogP contribution < -0.4 is 0 Å². The number of aliphatic hydroxyl groups is 1. The van der Waals surface area contributed by atoms with E-state index in [-0.39, 0.29) is 12.5 Å². The predicted octanol–water partition coefficient (Wildman–Crippen LogP) is 1.02. The van der Waals surface area contributed by atoms with Crippen molar-refractivity contribution in [1.29, 1.82) is 0 Å². The Bertz CT molecular complexity index is 182. The van der Waals surface area contributed by atoms with E-state index in [4.69, 9.17) is 5.11 Å². The minimum Gasteiger partial charge on any atom is -0.396 e. The van der Waals surface area contributed by atoms with Crippen LogP contribution >= 0.6 is 0 Å². The van der Waals surface area contributed by atoms with Gasteiger partial charge in [-0.15, -0.1) is 0 Å². The average Bonchev–Trinajstić information content (AvgIpc) is 1.97. The van der Waals surface area contributed by atoms with Crippen LogP contribution in [-0.4, -0.2) is 35.1 Å². The summed E-state index contributed by atoms with van der Waals surface area (Å²) in [5.41, 5.74) is 0. The minimum absolute atomic E-state index is 0.187. The first kappa shape index (κ1) is 10.5. The van der Waals surface area contributed by atoms with E-state index >= 15 is 0 Å². The second-order valence-electron chi connectivity index (χ2n) is 3.91. The number of likely N-dealkylation sites (tertiary alicyclic amines) is 1. The molecule has 3 nitrogen and oxygen atoms in total. The van der Waals surface area contributed by atoms with Crippen molar-refractivity contribution < 1.29 is 9.90 Å². The fourth-order valence-corrected chi connectivity index (χ4v) is 2.00. The summed E-state index contributed by atoms with van der Waals surface area (Å²) in [6.07, 6.45) is 3.00. The van der Waals surface area contributed by atoms with Crippen molar-refractivity contribution in [2.75, 3.05) is 13.2 Å². The van der Waals surface area contributed by atoms with Gasteiger partial charge in [0.2, 0.25) is 5.91 Å². The second-order valence-corrected chi connectivity index (χ2v) is 3.91. The zero-order valence-electron chi connectivity index (χ0n) is 8.49. The van der Waals surface area contributed by atoms with Crippen LogP contribution in [0.15, 0.2) is 0 Å². The van der Waals surface area contributed by atoms with E-state index in [2.05, 4.69) is 6.92 Å². The molecule has 0 aromatic carbocycles. The van der Waals surface area contributed by atoms with Gasteiger partial charge < -0.3 is 10.0 Å². The molecule has 1 fully saturated rings. The van der Waals surface area contributed by atoms with Gasteiger partial charge in [-0.3, -0.25) is 4.79 Å². The number of aliphatic hydroxyl groups excluding tert-OH is 1. The molecule has 3 heteroatoms. The lowest BCUT2D eigenvalue weighted by molar-refractivity contribution is -0.138. The van der Waals surface area contributed by atoms with Crippen LogP contribution in [0.25, 0.3) is 0 Å². The van der Waals surface area contributed by atoms with Crippen LogP contribution in [0.3, 0.4) is 0 Å². The molecule has 0 aromatic rings. The third-order valence-electron chi connectivity index (χ3n) is 2.94. The molecule has 1 rings (SSSR count). The second kappa shape index (κ2) is 4.61. The number of nitrogens with zero attached hydrogens (tertiary/aromatic N) is 1. The minimum atomic E-state index is 0.187. The van der Waals surface area contributed by atoms with Crippen LogP contribution in [0.2, 0.25) is 0 Å². The first-order valence-electron chi connectivity index (χ1n) is 5.05. The van der Waals surface area contributed by atoms with Gasteiger partial charge in [-0.25, -0.2) is 0 Å². The molecule has 1 amide bonds. The van der Waals surface area contributed by atoms with Gasteiger partial charge in [0.05, 0.1) is 0 Å². The molecule has 0 aliphatic carbocycles. The maximum absolute atomic E-state index is 11.1. The van der Waals surface area contributed by atoms with Crippen molar-refractivity contribution in [3.63, 3.8) is 0 Å².